The first-order chi connectivity index (χ1) is 17.3. The number of allylic oxidation sites excluding steroid dienone is 1. The Morgan fingerprint density at radius 1 is 1.03 bits per heavy atom. The van der Waals surface area contributed by atoms with Crippen LogP contribution in [0.4, 0.5) is 11.4 Å². The van der Waals surface area contributed by atoms with Crippen LogP contribution in [-0.4, -0.2) is 27.6 Å². The van der Waals surface area contributed by atoms with Crippen LogP contribution in [0.25, 0.3) is 23.1 Å². The van der Waals surface area contributed by atoms with Crippen LogP contribution in [0.3, 0.4) is 0 Å². The summed E-state index contributed by atoms with van der Waals surface area (Å²) >= 11 is 0. The Hall–Kier alpha value is -4.19. The number of carbonyl (C=O) groups excluding carboxylic acids is 1. The summed E-state index contributed by atoms with van der Waals surface area (Å²) < 4.78 is 0. The maximum atomic E-state index is 12.9. The van der Waals surface area contributed by atoms with Crippen LogP contribution < -0.4 is 10.6 Å². The Labute approximate surface area is 205 Å². The molecule has 2 aromatic carbocycles. The molecular formula is C29H29N5O. The Balaban J connectivity index is 1.27. The molecule has 0 radical (unpaired) electrons. The van der Waals surface area contributed by atoms with Crippen LogP contribution >= 0.6 is 0 Å². The van der Waals surface area contributed by atoms with E-state index >= 15 is 0 Å². The average Bonchev–Trinajstić information content (AvgIpc) is 3.31. The molecule has 35 heavy (non-hydrogen) atoms. The lowest BCUT2D eigenvalue weighted by Crippen LogP contribution is -2.25. The van der Waals surface area contributed by atoms with Crippen LogP contribution in [-0.2, 0) is 0 Å². The molecule has 3 N–H and O–H groups in total. The molecule has 0 atom stereocenters. The van der Waals surface area contributed by atoms with Gasteiger partial charge in [-0.25, -0.2) is 0 Å². The normalized spacial score (nSPS) is 13.7. The third-order valence-corrected chi connectivity index (χ3v) is 6.26. The Kier molecular flexibility index (Phi) is 6.99. The second-order valence-corrected chi connectivity index (χ2v) is 8.74. The van der Waals surface area contributed by atoms with Crippen LogP contribution in [0, 0.1) is 0 Å². The molecule has 0 saturated carbocycles. The van der Waals surface area contributed by atoms with Gasteiger partial charge in [0.25, 0.3) is 5.91 Å². The molecule has 2 heterocycles. The van der Waals surface area contributed by atoms with Crippen molar-refractivity contribution < 1.29 is 4.79 Å². The van der Waals surface area contributed by atoms with Gasteiger partial charge in [0, 0.05) is 23.8 Å². The smallest absolute Gasteiger partial charge is 0.253 e. The first kappa shape index (κ1) is 22.6. The number of benzene rings is 2. The fourth-order valence-corrected chi connectivity index (χ4v) is 4.39. The molecule has 1 aliphatic carbocycles. The van der Waals surface area contributed by atoms with Gasteiger partial charge in [-0.3, -0.25) is 14.9 Å². The highest BCUT2D eigenvalue weighted by Crippen LogP contribution is 2.26. The van der Waals surface area contributed by atoms with Crippen molar-refractivity contribution in [2.24, 2.45) is 0 Å². The summed E-state index contributed by atoms with van der Waals surface area (Å²) in [6.45, 7) is 0.661. The molecule has 1 aliphatic rings. The zero-order valence-corrected chi connectivity index (χ0v) is 19.6. The molecule has 0 spiro atoms. The molecule has 4 aromatic rings. The van der Waals surface area contributed by atoms with Gasteiger partial charge in [0.15, 0.2) is 0 Å². The van der Waals surface area contributed by atoms with E-state index in [1.54, 1.807) is 6.20 Å². The van der Waals surface area contributed by atoms with Crippen LogP contribution in [0.1, 0.15) is 53.8 Å². The van der Waals surface area contributed by atoms with Gasteiger partial charge < -0.3 is 10.6 Å². The van der Waals surface area contributed by atoms with E-state index < -0.39 is 0 Å². The largest absolute Gasteiger partial charge is 0.355 e. The Bertz CT molecular complexity index is 1370. The fraction of sp³-hybridized carbons (Fsp3) is 0.207. The molecule has 0 aliphatic heterocycles. The summed E-state index contributed by atoms with van der Waals surface area (Å²) in [4.78, 5) is 17.2. The summed E-state index contributed by atoms with van der Waals surface area (Å²) in [6.07, 6.45) is 13.8. The zero-order chi connectivity index (χ0) is 23.9. The molecule has 5 rings (SSSR count). The van der Waals surface area contributed by atoms with Crippen molar-refractivity contribution in [2.75, 3.05) is 11.9 Å². The highest BCUT2D eigenvalue weighted by molar-refractivity contribution is 6.00. The molecule has 2 aromatic heterocycles. The number of H-pyrrole nitrogens is 1. The third kappa shape index (κ3) is 5.66. The van der Waals surface area contributed by atoms with Crippen molar-refractivity contribution in [3.8, 4) is 0 Å². The summed E-state index contributed by atoms with van der Waals surface area (Å²) in [6, 6.07) is 19.4. The van der Waals surface area contributed by atoms with Gasteiger partial charge in [0.05, 0.1) is 28.2 Å². The molecule has 0 saturated heterocycles. The van der Waals surface area contributed by atoms with Crippen LogP contribution in [0.5, 0.6) is 0 Å². The van der Waals surface area contributed by atoms with Crippen molar-refractivity contribution in [3.05, 3.63) is 95.5 Å². The predicted molar refractivity (Wildman–Crippen MR) is 142 cm³/mol. The van der Waals surface area contributed by atoms with E-state index in [-0.39, 0.29) is 5.91 Å². The second kappa shape index (κ2) is 10.8. The van der Waals surface area contributed by atoms with Crippen molar-refractivity contribution >= 4 is 40.3 Å². The number of aromatic nitrogens is 3. The number of fused-ring (bicyclic) bond motifs is 1. The molecule has 176 valence electrons. The van der Waals surface area contributed by atoms with E-state index in [0.29, 0.717) is 12.1 Å². The van der Waals surface area contributed by atoms with Gasteiger partial charge >= 0.3 is 0 Å². The predicted octanol–water partition coefficient (Wildman–Crippen LogP) is 6.49. The van der Waals surface area contributed by atoms with Crippen molar-refractivity contribution in [1.29, 1.82) is 0 Å². The number of hydrogen-bond acceptors (Lipinski definition) is 4. The summed E-state index contributed by atoms with van der Waals surface area (Å²) in [7, 11) is 0. The van der Waals surface area contributed by atoms with Crippen LogP contribution in [0.2, 0.25) is 0 Å². The Morgan fingerprint density at radius 3 is 2.80 bits per heavy atom. The van der Waals surface area contributed by atoms with Gasteiger partial charge in [-0.2, -0.15) is 5.10 Å². The lowest BCUT2D eigenvalue weighted by atomic mass is 9.97. The number of nitrogens with one attached hydrogen (secondary N) is 3. The number of para-hydroxylation sites is 1. The molecule has 1 amide bonds. The quantitative estimate of drug-likeness (QED) is 0.261. The number of rotatable bonds is 8. The minimum atomic E-state index is -0.0610. The topological polar surface area (TPSA) is 82.7 Å². The third-order valence-electron chi connectivity index (χ3n) is 6.26. The lowest BCUT2D eigenvalue weighted by molar-refractivity contribution is 0.0955. The van der Waals surface area contributed by atoms with Crippen molar-refractivity contribution in [2.45, 2.75) is 32.1 Å². The standard InChI is InChI=1S/C29H29N5O/c35-29(31-19-17-21-8-2-1-3-9-21)25-11-4-5-12-26(25)32-23-13-15-24-27(33-34-28(24)20-23)16-14-22-10-6-7-18-30-22/h4-8,10-16,18,20,32H,1-3,9,17,19H2,(H,31,35)(H,33,34)/b16-14+. The summed E-state index contributed by atoms with van der Waals surface area (Å²) in [5.41, 5.74) is 6.40. The molecule has 0 bridgehead atoms. The molecule has 6 nitrogen and oxygen atoms in total. The van der Waals surface area contributed by atoms with Gasteiger partial charge in [0.2, 0.25) is 0 Å². The average molecular weight is 464 g/mol. The number of aromatic amines is 1. The molecule has 6 heteroatoms. The zero-order valence-electron chi connectivity index (χ0n) is 19.6. The van der Waals surface area contributed by atoms with Gasteiger partial charge in [-0.05, 0) is 86.7 Å². The number of nitrogens with zero attached hydrogens (tertiary/aromatic N) is 2. The number of anilines is 2. The van der Waals surface area contributed by atoms with Gasteiger partial charge in [0.1, 0.15) is 0 Å². The Morgan fingerprint density at radius 2 is 1.94 bits per heavy atom. The number of carbonyl (C=O) groups is 1. The number of amides is 1. The molecule has 0 fully saturated rings. The number of hydrogen-bond donors (Lipinski definition) is 3. The van der Waals surface area contributed by atoms with E-state index in [4.69, 9.17) is 0 Å². The monoisotopic (exact) mass is 463 g/mol. The van der Waals surface area contributed by atoms with E-state index in [0.717, 1.165) is 46.5 Å². The second-order valence-electron chi connectivity index (χ2n) is 8.74. The fourth-order valence-electron chi connectivity index (χ4n) is 4.39. The molecular weight excluding hydrogens is 434 g/mol. The minimum Gasteiger partial charge on any atom is -0.355 e. The highest BCUT2D eigenvalue weighted by atomic mass is 16.1. The highest BCUT2D eigenvalue weighted by Gasteiger charge is 2.12. The number of pyridine rings is 1. The minimum absolute atomic E-state index is 0.0610. The SMILES string of the molecule is O=C(NCCC1=CCCCC1)c1ccccc1Nc1ccc2c(/C=C/c3ccccn3)n[nH]c2c1. The lowest BCUT2D eigenvalue weighted by Gasteiger charge is -2.14. The van der Waals surface area contributed by atoms with Crippen LogP contribution in [0.15, 0.2) is 78.5 Å². The van der Waals surface area contributed by atoms with E-state index in [1.165, 1.54) is 24.8 Å². The van der Waals surface area contributed by atoms with Gasteiger partial charge in [-0.1, -0.05) is 29.8 Å². The maximum absolute atomic E-state index is 12.9. The molecule has 0 unspecified atom stereocenters. The summed E-state index contributed by atoms with van der Waals surface area (Å²) in [5, 5.41) is 15.0. The summed E-state index contributed by atoms with van der Waals surface area (Å²) in [5.74, 6) is -0.0610. The van der Waals surface area contributed by atoms with E-state index in [2.05, 4.69) is 31.9 Å². The van der Waals surface area contributed by atoms with E-state index in [1.807, 2.05) is 72.8 Å². The van der Waals surface area contributed by atoms with Crippen molar-refractivity contribution in [1.82, 2.24) is 20.5 Å². The first-order valence-electron chi connectivity index (χ1n) is 12.2. The van der Waals surface area contributed by atoms with Crippen molar-refractivity contribution in [3.63, 3.8) is 0 Å². The first-order valence-corrected chi connectivity index (χ1v) is 12.2. The maximum Gasteiger partial charge on any atom is 0.253 e. The van der Waals surface area contributed by atoms with Gasteiger partial charge in [-0.15, -0.1) is 0 Å². The van der Waals surface area contributed by atoms with E-state index in [9.17, 15) is 4.79 Å².